The maximum atomic E-state index is 12.7. The van der Waals surface area contributed by atoms with Crippen LogP contribution in [0.3, 0.4) is 0 Å². The van der Waals surface area contributed by atoms with Gasteiger partial charge < -0.3 is 20.3 Å². The minimum atomic E-state index is -0.682. The van der Waals surface area contributed by atoms with Crippen molar-refractivity contribution in [2.24, 2.45) is 12.8 Å². The van der Waals surface area contributed by atoms with Gasteiger partial charge in [0, 0.05) is 50.3 Å². The van der Waals surface area contributed by atoms with Gasteiger partial charge in [-0.2, -0.15) is 0 Å². The highest BCUT2D eigenvalue weighted by atomic mass is 16.3. The number of carbonyl (C=O) groups is 2. The number of para-hydroxylation sites is 1. The molecular weight excluding hydrogens is 320 g/mol. The zero-order chi connectivity index (χ0) is 18.0. The summed E-state index contributed by atoms with van der Waals surface area (Å²) in [7, 11) is 1.97. The van der Waals surface area contributed by atoms with Crippen molar-refractivity contribution in [3.05, 3.63) is 36.0 Å². The molecule has 1 aromatic heterocycles. The number of hydrogen-bond donors (Lipinski definition) is 2. The molecule has 1 aliphatic heterocycles. The monoisotopic (exact) mass is 344 g/mol. The average molecular weight is 344 g/mol. The van der Waals surface area contributed by atoms with Crippen LogP contribution in [0.4, 0.5) is 0 Å². The molecule has 0 aliphatic carbocycles. The lowest BCUT2D eigenvalue weighted by Gasteiger charge is -2.21. The van der Waals surface area contributed by atoms with E-state index in [1.807, 2.05) is 42.1 Å². The third-order valence-electron chi connectivity index (χ3n) is 4.64. The number of aromatic nitrogens is 1. The first kappa shape index (κ1) is 17.4. The van der Waals surface area contributed by atoms with Gasteiger partial charge in [-0.1, -0.05) is 18.2 Å². The molecule has 7 heteroatoms. The molecule has 1 aromatic carbocycles. The number of rotatable bonds is 4. The minimum Gasteiger partial charge on any atom is -0.390 e. The molecule has 1 aliphatic rings. The summed E-state index contributed by atoms with van der Waals surface area (Å²) >= 11 is 0. The van der Waals surface area contributed by atoms with Crippen molar-refractivity contribution >= 4 is 22.7 Å². The molecule has 3 rings (SSSR count). The van der Waals surface area contributed by atoms with E-state index in [0.29, 0.717) is 26.1 Å². The van der Waals surface area contributed by atoms with Crippen molar-refractivity contribution in [3.8, 4) is 0 Å². The second-order valence-electron chi connectivity index (χ2n) is 6.65. The number of aryl methyl sites for hydroxylation is 1. The van der Waals surface area contributed by atoms with Crippen LogP contribution in [-0.2, 0) is 23.1 Å². The Balaban J connectivity index is 1.71. The molecule has 3 N–H and O–H groups in total. The second-order valence-corrected chi connectivity index (χ2v) is 6.65. The largest absolute Gasteiger partial charge is 0.390 e. The first-order chi connectivity index (χ1) is 11.9. The lowest BCUT2D eigenvalue weighted by atomic mass is 10.1. The van der Waals surface area contributed by atoms with Gasteiger partial charge in [0.25, 0.3) is 0 Å². The van der Waals surface area contributed by atoms with E-state index in [-0.39, 0.29) is 19.0 Å². The van der Waals surface area contributed by atoms with Gasteiger partial charge in [0.05, 0.1) is 19.1 Å². The third kappa shape index (κ3) is 4.00. The predicted molar refractivity (Wildman–Crippen MR) is 94.8 cm³/mol. The summed E-state index contributed by atoms with van der Waals surface area (Å²) in [5.74, 6) is -0.445. The molecule has 7 nitrogen and oxygen atoms in total. The Morgan fingerprint density at radius 1 is 1.24 bits per heavy atom. The number of fused-ring (bicyclic) bond motifs is 1. The van der Waals surface area contributed by atoms with E-state index in [2.05, 4.69) is 0 Å². The van der Waals surface area contributed by atoms with Crippen LogP contribution in [0.1, 0.15) is 5.56 Å². The summed E-state index contributed by atoms with van der Waals surface area (Å²) in [5, 5.41) is 11.2. The lowest BCUT2D eigenvalue weighted by molar-refractivity contribution is -0.131. The maximum absolute atomic E-state index is 12.7. The van der Waals surface area contributed by atoms with Gasteiger partial charge in [-0.05, 0) is 11.6 Å². The van der Waals surface area contributed by atoms with Gasteiger partial charge in [-0.15, -0.1) is 0 Å². The fourth-order valence-electron chi connectivity index (χ4n) is 3.49. The molecule has 0 bridgehead atoms. The quantitative estimate of drug-likeness (QED) is 0.797. The number of carbonyl (C=O) groups excluding carboxylic acids is 2. The number of aliphatic hydroxyl groups excluding tert-OH is 1. The third-order valence-corrected chi connectivity index (χ3v) is 4.64. The number of nitrogens with zero attached hydrogens (tertiary/aromatic N) is 3. The van der Waals surface area contributed by atoms with E-state index < -0.39 is 12.0 Å². The van der Waals surface area contributed by atoms with Crippen LogP contribution < -0.4 is 5.73 Å². The number of benzene rings is 1. The van der Waals surface area contributed by atoms with Crippen LogP contribution in [0, 0.1) is 0 Å². The highest BCUT2D eigenvalue weighted by molar-refractivity contribution is 5.89. The molecule has 1 atom stereocenters. The van der Waals surface area contributed by atoms with E-state index in [1.165, 1.54) is 0 Å². The van der Waals surface area contributed by atoms with E-state index in [4.69, 9.17) is 5.73 Å². The predicted octanol–water partition coefficient (Wildman–Crippen LogP) is -0.289. The summed E-state index contributed by atoms with van der Waals surface area (Å²) in [6.07, 6.45) is 1.60. The van der Waals surface area contributed by atoms with Crippen LogP contribution in [0.25, 0.3) is 10.9 Å². The number of nitrogens with two attached hydrogens (primary N) is 1. The first-order valence-corrected chi connectivity index (χ1v) is 8.43. The molecule has 25 heavy (non-hydrogen) atoms. The van der Waals surface area contributed by atoms with Crippen molar-refractivity contribution in [1.82, 2.24) is 14.4 Å². The molecule has 2 aromatic rings. The number of hydrogen-bond acceptors (Lipinski definition) is 4. The number of primary amides is 1. The number of amides is 2. The summed E-state index contributed by atoms with van der Waals surface area (Å²) in [6, 6.07) is 7.99. The van der Waals surface area contributed by atoms with Gasteiger partial charge in [0.15, 0.2) is 0 Å². The van der Waals surface area contributed by atoms with Crippen LogP contribution in [-0.4, -0.2) is 70.1 Å². The highest BCUT2D eigenvalue weighted by Crippen LogP contribution is 2.21. The van der Waals surface area contributed by atoms with Gasteiger partial charge >= 0.3 is 0 Å². The van der Waals surface area contributed by atoms with Crippen molar-refractivity contribution in [2.45, 2.75) is 12.5 Å². The maximum Gasteiger partial charge on any atom is 0.231 e. The van der Waals surface area contributed by atoms with E-state index >= 15 is 0 Å². The van der Waals surface area contributed by atoms with Crippen LogP contribution >= 0.6 is 0 Å². The van der Waals surface area contributed by atoms with Gasteiger partial charge in [0.1, 0.15) is 0 Å². The average Bonchev–Trinajstić information content (AvgIpc) is 2.74. The molecule has 0 unspecified atom stereocenters. The summed E-state index contributed by atoms with van der Waals surface area (Å²) in [5.41, 5.74) is 7.30. The van der Waals surface area contributed by atoms with Crippen LogP contribution in [0.5, 0.6) is 0 Å². The van der Waals surface area contributed by atoms with Crippen molar-refractivity contribution < 1.29 is 14.7 Å². The SMILES string of the molecule is Cn1cc(CC(=O)N2CCN(CC(N)=O)C[C@@H](O)C2)c2ccccc21. The summed E-state index contributed by atoms with van der Waals surface area (Å²) in [6.45, 7) is 1.73. The molecule has 2 heterocycles. The van der Waals surface area contributed by atoms with Crippen LogP contribution in [0.2, 0.25) is 0 Å². The fraction of sp³-hybridized carbons (Fsp3) is 0.444. The Labute approximate surface area is 146 Å². The summed E-state index contributed by atoms with van der Waals surface area (Å²) < 4.78 is 2.02. The van der Waals surface area contributed by atoms with Crippen molar-refractivity contribution in [2.75, 3.05) is 32.7 Å². The van der Waals surface area contributed by atoms with Crippen molar-refractivity contribution in [3.63, 3.8) is 0 Å². The van der Waals surface area contributed by atoms with E-state index in [1.54, 1.807) is 9.80 Å². The number of β-amino-alcohol motifs (C(OH)–C–C–N with tert-alkyl or cyclic N) is 1. The normalized spacial score (nSPS) is 19.1. The highest BCUT2D eigenvalue weighted by Gasteiger charge is 2.25. The molecule has 1 fully saturated rings. The Kier molecular flexibility index (Phi) is 5.06. The first-order valence-electron chi connectivity index (χ1n) is 8.43. The fourth-order valence-corrected chi connectivity index (χ4v) is 3.49. The molecule has 0 spiro atoms. The zero-order valence-electron chi connectivity index (χ0n) is 14.4. The molecule has 134 valence electrons. The smallest absolute Gasteiger partial charge is 0.231 e. The Morgan fingerprint density at radius 3 is 2.76 bits per heavy atom. The van der Waals surface area contributed by atoms with Crippen molar-refractivity contribution in [1.29, 1.82) is 0 Å². The summed E-state index contributed by atoms with van der Waals surface area (Å²) in [4.78, 5) is 27.3. The van der Waals surface area contributed by atoms with E-state index in [9.17, 15) is 14.7 Å². The standard InChI is InChI=1S/C18H24N4O3/c1-20-9-13(15-4-2-3-5-16(15)20)8-18(25)22-7-6-21(12-17(19)24)10-14(23)11-22/h2-5,9,14,23H,6-8,10-12H2,1H3,(H2,19,24)/t14-/m1/s1. The zero-order valence-corrected chi connectivity index (χ0v) is 14.4. The molecule has 2 amide bonds. The Bertz CT molecular complexity index is 786. The molecule has 0 radical (unpaired) electrons. The second kappa shape index (κ2) is 7.25. The molecular formula is C18H24N4O3. The van der Waals surface area contributed by atoms with Gasteiger partial charge in [0.2, 0.25) is 11.8 Å². The van der Waals surface area contributed by atoms with Gasteiger partial charge in [-0.25, -0.2) is 0 Å². The number of aliphatic hydroxyl groups is 1. The minimum absolute atomic E-state index is 0.0173. The van der Waals surface area contributed by atoms with Crippen LogP contribution in [0.15, 0.2) is 30.5 Å². The van der Waals surface area contributed by atoms with E-state index in [0.717, 1.165) is 16.5 Å². The Morgan fingerprint density at radius 2 is 2.00 bits per heavy atom. The topological polar surface area (TPSA) is 91.8 Å². The molecule has 0 saturated carbocycles. The Hall–Kier alpha value is -2.38. The lowest BCUT2D eigenvalue weighted by Crippen LogP contribution is -2.38. The van der Waals surface area contributed by atoms with Gasteiger partial charge in [-0.3, -0.25) is 14.5 Å². The molecule has 1 saturated heterocycles.